The number of nitrogens with one attached hydrogen (secondary N) is 1. The molecule has 1 saturated heterocycles. The molecule has 0 aliphatic carbocycles. The molecule has 120 valence electrons. The predicted octanol–water partition coefficient (Wildman–Crippen LogP) is 2.05. The Hall–Kier alpha value is -1.46. The van der Waals surface area contributed by atoms with E-state index in [1.807, 2.05) is 0 Å². The zero-order valence-corrected chi connectivity index (χ0v) is 13.3. The van der Waals surface area contributed by atoms with E-state index in [0.29, 0.717) is 18.0 Å². The number of carbonyl (C=O) groups excluding carboxylic acids is 2. The normalized spacial score (nSPS) is 18.4. The zero-order valence-electron chi connectivity index (χ0n) is 12.6. The number of hydrogen-bond acceptors (Lipinski definition) is 3. The number of Topliss-reactive ketones (excluding diaryl/α,β-unsaturated/α-hetero) is 1. The second kappa shape index (κ2) is 7.70. The van der Waals surface area contributed by atoms with E-state index in [4.69, 9.17) is 11.6 Å². The SMILES string of the molecule is CCN1CCC(CNC(=O)C(=O)Cc2ccc(Cl)c(F)c2)C1. The second-order valence-electron chi connectivity index (χ2n) is 5.61. The van der Waals surface area contributed by atoms with Crippen LogP contribution in [0.1, 0.15) is 18.9 Å². The van der Waals surface area contributed by atoms with Gasteiger partial charge in [0.25, 0.3) is 5.91 Å². The van der Waals surface area contributed by atoms with Crippen LogP contribution in [0.2, 0.25) is 5.02 Å². The Kier molecular flexibility index (Phi) is 5.91. The third-order valence-electron chi connectivity index (χ3n) is 3.97. The Morgan fingerprint density at radius 1 is 1.45 bits per heavy atom. The number of likely N-dealkylation sites (tertiary alicyclic amines) is 1. The molecule has 1 amide bonds. The van der Waals surface area contributed by atoms with Crippen molar-refractivity contribution in [2.45, 2.75) is 19.8 Å². The minimum atomic E-state index is -0.606. The van der Waals surface area contributed by atoms with Crippen LogP contribution < -0.4 is 5.32 Å². The molecule has 2 rings (SSSR count). The Morgan fingerprint density at radius 3 is 2.86 bits per heavy atom. The van der Waals surface area contributed by atoms with Crippen LogP contribution in [0, 0.1) is 11.7 Å². The molecule has 0 radical (unpaired) electrons. The molecular weight excluding hydrogens is 307 g/mol. The lowest BCUT2D eigenvalue weighted by Gasteiger charge is -2.13. The number of hydrogen-bond donors (Lipinski definition) is 1. The molecule has 22 heavy (non-hydrogen) atoms. The van der Waals surface area contributed by atoms with E-state index in [1.54, 1.807) is 6.07 Å². The summed E-state index contributed by atoms with van der Waals surface area (Å²) in [5.74, 6) is -1.36. The van der Waals surface area contributed by atoms with Gasteiger partial charge in [-0.15, -0.1) is 0 Å². The fraction of sp³-hybridized carbons (Fsp3) is 0.500. The number of carbonyl (C=O) groups is 2. The molecule has 6 heteroatoms. The number of halogens is 2. The van der Waals surface area contributed by atoms with E-state index < -0.39 is 17.5 Å². The summed E-state index contributed by atoms with van der Waals surface area (Å²) in [6.07, 6.45) is 0.913. The molecule has 1 aromatic carbocycles. The number of nitrogens with zero attached hydrogens (tertiary/aromatic N) is 1. The third kappa shape index (κ3) is 4.52. The Morgan fingerprint density at radius 2 is 2.23 bits per heavy atom. The topological polar surface area (TPSA) is 49.4 Å². The summed E-state index contributed by atoms with van der Waals surface area (Å²) in [4.78, 5) is 26.0. The number of rotatable bonds is 6. The maximum absolute atomic E-state index is 13.3. The van der Waals surface area contributed by atoms with Crippen LogP contribution in [0.4, 0.5) is 4.39 Å². The first-order valence-electron chi connectivity index (χ1n) is 7.47. The molecule has 1 unspecified atom stereocenters. The molecule has 1 aliphatic heterocycles. The van der Waals surface area contributed by atoms with Gasteiger partial charge in [-0.25, -0.2) is 4.39 Å². The lowest BCUT2D eigenvalue weighted by molar-refractivity contribution is -0.137. The molecule has 1 fully saturated rings. The molecule has 0 saturated carbocycles. The first-order valence-corrected chi connectivity index (χ1v) is 7.84. The largest absolute Gasteiger partial charge is 0.349 e. The summed E-state index contributed by atoms with van der Waals surface area (Å²) in [5, 5.41) is 2.68. The molecule has 1 aliphatic rings. The number of benzene rings is 1. The van der Waals surface area contributed by atoms with Crippen molar-refractivity contribution in [3.05, 3.63) is 34.6 Å². The van der Waals surface area contributed by atoms with Crippen molar-refractivity contribution < 1.29 is 14.0 Å². The number of amides is 1. The lowest BCUT2D eigenvalue weighted by atomic mass is 10.1. The van der Waals surface area contributed by atoms with Crippen LogP contribution in [0.15, 0.2) is 18.2 Å². The van der Waals surface area contributed by atoms with Crippen molar-refractivity contribution in [1.82, 2.24) is 10.2 Å². The van der Waals surface area contributed by atoms with Crippen LogP contribution in [-0.4, -0.2) is 42.8 Å². The van der Waals surface area contributed by atoms with Gasteiger partial charge in [0.2, 0.25) is 5.78 Å². The number of ketones is 1. The average Bonchev–Trinajstić information content (AvgIpc) is 2.96. The molecule has 1 atom stereocenters. The van der Waals surface area contributed by atoms with Crippen molar-refractivity contribution >= 4 is 23.3 Å². The van der Waals surface area contributed by atoms with Crippen molar-refractivity contribution in [3.8, 4) is 0 Å². The van der Waals surface area contributed by atoms with E-state index in [0.717, 1.165) is 26.1 Å². The van der Waals surface area contributed by atoms with E-state index >= 15 is 0 Å². The minimum absolute atomic E-state index is 0.00219. The van der Waals surface area contributed by atoms with Crippen LogP contribution in [0.5, 0.6) is 0 Å². The van der Waals surface area contributed by atoms with Gasteiger partial charge in [-0.3, -0.25) is 9.59 Å². The van der Waals surface area contributed by atoms with E-state index in [-0.39, 0.29) is 11.4 Å². The van der Waals surface area contributed by atoms with Crippen LogP contribution in [0.3, 0.4) is 0 Å². The van der Waals surface area contributed by atoms with Crippen molar-refractivity contribution in [2.24, 2.45) is 5.92 Å². The molecule has 0 spiro atoms. The highest BCUT2D eigenvalue weighted by Gasteiger charge is 2.23. The summed E-state index contributed by atoms with van der Waals surface area (Å²) < 4.78 is 13.3. The summed E-state index contributed by atoms with van der Waals surface area (Å²) in [6.45, 7) is 5.61. The highest BCUT2D eigenvalue weighted by atomic mass is 35.5. The average molecular weight is 327 g/mol. The van der Waals surface area contributed by atoms with Crippen LogP contribution >= 0.6 is 11.6 Å². The summed E-state index contributed by atoms with van der Waals surface area (Å²) >= 11 is 5.58. The fourth-order valence-electron chi connectivity index (χ4n) is 2.62. The van der Waals surface area contributed by atoms with Gasteiger partial charge in [-0.2, -0.15) is 0 Å². The van der Waals surface area contributed by atoms with Crippen molar-refractivity contribution in [3.63, 3.8) is 0 Å². The Balaban J connectivity index is 1.79. The molecule has 1 N–H and O–H groups in total. The van der Waals surface area contributed by atoms with Gasteiger partial charge in [0.15, 0.2) is 0 Å². The highest BCUT2D eigenvalue weighted by molar-refractivity contribution is 6.36. The molecule has 4 nitrogen and oxygen atoms in total. The van der Waals surface area contributed by atoms with Gasteiger partial charge in [0.05, 0.1) is 5.02 Å². The molecular formula is C16H20ClFN2O2. The minimum Gasteiger partial charge on any atom is -0.349 e. The molecule has 1 aromatic rings. The molecule has 0 bridgehead atoms. The third-order valence-corrected chi connectivity index (χ3v) is 4.28. The Bertz CT molecular complexity index is 565. The van der Waals surface area contributed by atoms with Gasteiger partial charge >= 0.3 is 0 Å². The second-order valence-corrected chi connectivity index (χ2v) is 6.01. The van der Waals surface area contributed by atoms with Gasteiger partial charge in [-0.1, -0.05) is 24.6 Å². The molecule has 1 heterocycles. The van der Waals surface area contributed by atoms with E-state index in [9.17, 15) is 14.0 Å². The van der Waals surface area contributed by atoms with Gasteiger partial charge in [0.1, 0.15) is 5.82 Å². The Labute approximate surface area is 134 Å². The lowest BCUT2D eigenvalue weighted by Crippen LogP contribution is -2.36. The first-order chi connectivity index (χ1) is 10.5. The van der Waals surface area contributed by atoms with E-state index in [1.165, 1.54) is 12.1 Å². The standard InChI is InChI=1S/C16H20ClFN2O2/c1-2-20-6-5-12(10-20)9-19-16(22)15(21)8-11-3-4-13(17)14(18)7-11/h3-4,7,12H,2,5-6,8-10H2,1H3,(H,19,22). The van der Waals surface area contributed by atoms with Gasteiger partial charge in [-0.05, 0) is 43.1 Å². The quantitative estimate of drug-likeness (QED) is 0.814. The summed E-state index contributed by atoms with van der Waals surface area (Å²) in [7, 11) is 0. The van der Waals surface area contributed by atoms with Crippen LogP contribution in [-0.2, 0) is 16.0 Å². The van der Waals surface area contributed by atoms with Crippen molar-refractivity contribution in [1.29, 1.82) is 0 Å². The fourth-order valence-corrected chi connectivity index (χ4v) is 2.74. The summed E-state index contributed by atoms with van der Waals surface area (Å²) in [5.41, 5.74) is 0.445. The zero-order chi connectivity index (χ0) is 16.1. The first kappa shape index (κ1) is 16.9. The smallest absolute Gasteiger partial charge is 0.287 e. The van der Waals surface area contributed by atoms with Gasteiger partial charge < -0.3 is 10.2 Å². The predicted molar refractivity (Wildman–Crippen MR) is 83.4 cm³/mol. The monoisotopic (exact) mass is 326 g/mol. The van der Waals surface area contributed by atoms with Crippen molar-refractivity contribution in [2.75, 3.05) is 26.2 Å². The maximum atomic E-state index is 13.3. The maximum Gasteiger partial charge on any atom is 0.287 e. The molecule has 0 aromatic heterocycles. The summed E-state index contributed by atoms with van der Waals surface area (Å²) in [6, 6.07) is 4.12. The van der Waals surface area contributed by atoms with Crippen LogP contribution in [0.25, 0.3) is 0 Å². The van der Waals surface area contributed by atoms with E-state index in [2.05, 4.69) is 17.1 Å². The highest BCUT2D eigenvalue weighted by Crippen LogP contribution is 2.16. The van der Waals surface area contributed by atoms with Gasteiger partial charge in [0, 0.05) is 19.5 Å².